The third kappa shape index (κ3) is 3.97. The van der Waals surface area contributed by atoms with Gasteiger partial charge in [0.05, 0.1) is 12.6 Å². The third-order valence-corrected chi connectivity index (χ3v) is 4.15. The van der Waals surface area contributed by atoms with E-state index in [9.17, 15) is 4.79 Å². The first-order valence-electron chi connectivity index (χ1n) is 8.42. The lowest BCUT2D eigenvalue weighted by Crippen LogP contribution is -2.39. The van der Waals surface area contributed by atoms with Gasteiger partial charge in [-0.3, -0.25) is 9.69 Å². The molecule has 3 heterocycles. The lowest BCUT2D eigenvalue weighted by atomic mass is 10.0. The summed E-state index contributed by atoms with van der Waals surface area (Å²) in [7, 11) is 0. The lowest BCUT2D eigenvalue weighted by Gasteiger charge is -2.32. The average molecular weight is 329 g/mol. The molecule has 2 aromatic rings. The van der Waals surface area contributed by atoms with Crippen molar-refractivity contribution < 1.29 is 9.32 Å². The van der Waals surface area contributed by atoms with E-state index in [-0.39, 0.29) is 17.9 Å². The van der Waals surface area contributed by atoms with Gasteiger partial charge in [-0.05, 0) is 31.5 Å². The fourth-order valence-electron chi connectivity index (χ4n) is 2.88. The van der Waals surface area contributed by atoms with Gasteiger partial charge in [0.2, 0.25) is 11.8 Å². The molecule has 1 fully saturated rings. The average Bonchev–Trinajstić information content (AvgIpc) is 3.06. The number of carbonyl (C=O) groups excluding carboxylic acids is 1. The number of piperidine rings is 1. The number of hydrogen-bond donors (Lipinski definition) is 1. The highest BCUT2D eigenvalue weighted by molar-refractivity contribution is 5.91. The molecular weight excluding hydrogens is 306 g/mol. The predicted molar refractivity (Wildman–Crippen MR) is 89.4 cm³/mol. The van der Waals surface area contributed by atoms with Crippen LogP contribution in [0, 0.1) is 0 Å². The molecule has 0 bridgehead atoms. The molecule has 2 aromatic heterocycles. The number of nitrogens with zero attached hydrogens (tertiary/aromatic N) is 4. The van der Waals surface area contributed by atoms with Crippen molar-refractivity contribution in [3.05, 3.63) is 36.1 Å². The summed E-state index contributed by atoms with van der Waals surface area (Å²) in [5.41, 5.74) is 0. The van der Waals surface area contributed by atoms with E-state index >= 15 is 0 Å². The van der Waals surface area contributed by atoms with Crippen LogP contribution in [0.2, 0.25) is 0 Å². The van der Waals surface area contributed by atoms with Crippen molar-refractivity contribution >= 4 is 11.7 Å². The van der Waals surface area contributed by atoms with Crippen molar-refractivity contribution in [2.75, 3.05) is 18.4 Å². The highest BCUT2D eigenvalue weighted by atomic mass is 16.5. The Bertz CT molecular complexity index is 671. The number of rotatable bonds is 5. The van der Waals surface area contributed by atoms with E-state index in [2.05, 4.69) is 25.3 Å². The van der Waals surface area contributed by atoms with E-state index in [1.54, 1.807) is 12.3 Å². The molecule has 1 saturated heterocycles. The fraction of sp³-hybridized carbons (Fsp3) is 0.529. The summed E-state index contributed by atoms with van der Waals surface area (Å²) in [5, 5.41) is 6.88. The van der Waals surface area contributed by atoms with Crippen LogP contribution in [0.3, 0.4) is 0 Å². The summed E-state index contributed by atoms with van der Waals surface area (Å²) >= 11 is 0. The van der Waals surface area contributed by atoms with Crippen LogP contribution in [0.5, 0.6) is 0 Å². The van der Waals surface area contributed by atoms with E-state index in [0.29, 0.717) is 24.1 Å². The summed E-state index contributed by atoms with van der Waals surface area (Å²) in [6.07, 6.45) is 4.75. The number of pyridine rings is 1. The number of carbonyl (C=O) groups is 1. The van der Waals surface area contributed by atoms with Crippen molar-refractivity contribution in [2.45, 2.75) is 45.1 Å². The molecule has 0 unspecified atom stereocenters. The van der Waals surface area contributed by atoms with Crippen LogP contribution in [-0.4, -0.2) is 39.0 Å². The molecule has 0 spiro atoms. The summed E-state index contributed by atoms with van der Waals surface area (Å²) < 4.78 is 5.45. The Morgan fingerprint density at radius 2 is 2.29 bits per heavy atom. The SMILES string of the molecule is CC(C)c1noc([C@H]2CCCCN2CC(=O)Nc2ccccn2)n1. The smallest absolute Gasteiger partial charge is 0.244 e. The quantitative estimate of drug-likeness (QED) is 0.908. The second-order valence-corrected chi connectivity index (χ2v) is 6.39. The van der Waals surface area contributed by atoms with Gasteiger partial charge in [-0.1, -0.05) is 31.5 Å². The van der Waals surface area contributed by atoms with Gasteiger partial charge >= 0.3 is 0 Å². The maximum atomic E-state index is 12.3. The Balaban J connectivity index is 1.66. The Morgan fingerprint density at radius 1 is 1.42 bits per heavy atom. The zero-order valence-corrected chi connectivity index (χ0v) is 14.1. The molecule has 0 aromatic carbocycles. The first kappa shape index (κ1) is 16.6. The largest absolute Gasteiger partial charge is 0.338 e. The molecule has 7 nitrogen and oxygen atoms in total. The summed E-state index contributed by atoms with van der Waals surface area (Å²) in [5.74, 6) is 2.05. The summed E-state index contributed by atoms with van der Waals surface area (Å²) in [4.78, 5) is 23.1. The molecule has 7 heteroatoms. The highest BCUT2D eigenvalue weighted by Crippen LogP contribution is 2.30. The van der Waals surface area contributed by atoms with E-state index in [1.807, 2.05) is 26.0 Å². The second-order valence-electron chi connectivity index (χ2n) is 6.39. The van der Waals surface area contributed by atoms with E-state index in [1.165, 1.54) is 0 Å². The van der Waals surface area contributed by atoms with Crippen molar-refractivity contribution in [3.8, 4) is 0 Å². The van der Waals surface area contributed by atoms with E-state index < -0.39 is 0 Å². The standard InChI is InChI=1S/C17H23N5O2/c1-12(2)16-20-17(24-21-16)13-7-4-6-10-22(13)11-15(23)19-14-8-3-5-9-18-14/h3,5,8-9,12-13H,4,6-7,10-11H2,1-2H3,(H,18,19,23)/t13-/m1/s1. The normalized spacial score (nSPS) is 18.7. The minimum absolute atomic E-state index is 0.00762. The number of nitrogens with one attached hydrogen (secondary N) is 1. The molecule has 1 amide bonds. The van der Waals surface area contributed by atoms with E-state index in [4.69, 9.17) is 4.52 Å². The topological polar surface area (TPSA) is 84.2 Å². The van der Waals surface area contributed by atoms with Crippen molar-refractivity contribution in [2.24, 2.45) is 0 Å². The van der Waals surface area contributed by atoms with Crippen LogP contribution in [0.15, 0.2) is 28.9 Å². The molecule has 1 N–H and O–H groups in total. The zero-order valence-electron chi connectivity index (χ0n) is 14.1. The summed E-state index contributed by atoms with van der Waals surface area (Å²) in [6.45, 7) is 5.21. The Labute approximate surface area is 141 Å². The van der Waals surface area contributed by atoms with Crippen LogP contribution in [-0.2, 0) is 4.79 Å². The minimum Gasteiger partial charge on any atom is -0.338 e. The monoisotopic (exact) mass is 329 g/mol. The fourth-order valence-corrected chi connectivity index (χ4v) is 2.88. The van der Waals surface area contributed by atoms with Gasteiger partial charge < -0.3 is 9.84 Å². The van der Waals surface area contributed by atoms with Gasteiger partial charge in [-0.15, -0.1) is 0 Å². The first-order chi connectivity index (χ1) is 11.6. The van der Waals surface area contributed by atoms with Gasteiger partial charge in [0.25, 0.3) is 0 Å². The Hall–Kier alpha value is -2.28. The molecule has 3 rings (SSSR count). The molecule has 0 saturated carbocycles. The number of anilines is 1. The Morgan fingerprint density at radius 3 is 3.00 bits per heavy atom. The van der Waals surface area contributed by atoms with Crippen LogP contribution in [0.4, 0.5) is 5.82 Å². The molecule has 1 atom stereocenters. The second kappa shape index (κ2) is 7.53. The van der Waals surface area contributed by atoms with Crippen LogP contribution in [0.1, 0.15) is 56.8 Å². The Kier molecular flexibility index (Phi) is 5.20. The molecule has 0 radical (unpaired) electrons. The molecule has 0 aliphatic carbocycles. The number of likely N-dealkylation sites (tertiary alicyclic amines) is 1. The summed E-state index contributed by atoms with van der Waals surface area (Å²) in [6, 6.07) is 5.45. The number of hydrogen-bond acceptors (Lipinski definition) is 6. The van der Waals surface area contributed by atoms with Crippen LogP contribution >= 0.6 is 0 Å². The van der Waals surface area contributed by atoms with Crippen molar-refractivity contribution in [1.82, 2.24) is 20.0 Å². The highest BCUT2D eigenvalue weighted by Gasteiger charge is 2.30. The minimum atomic E-state index is -0.0794. The van der Waals surface area contributed by atoms with Crippen LogP contribution in [0.25, 0.3) is 0 Å². The zero-order chi connectivity index (χ0) is 16.9. The van der Waals surface area contributed by atoms with Gasteiger partial charge in [0.15, 0.2) is 5.82 Å². The molecule has 24 heavy (non-hydrogen) atoms. The molecular formula is C17H23N5O2. The first-order valence-corrected chi connectivity index (χ1v) is 8.42. The van der Waals surface area contributed by atoms with Crippen LogP contribution < -0.4 is 5.32 Å². The molecule has 1 aliphatic heterocycles. The van der Waals surface area contributed by atoms with Gasteiger partial charge in [0, 0.05) is 12.1 Å². The van der Waals surface area contributed by atoms with E-state index in [0.717, 1.165) is 25.8 Å². The third-order valence-electron chi connectivity index (χ3n) is 4.15. The maximum Gasteiger partial charge on any atom is 0.244 e. The van der Waals surface area contributed by atoms with Gasteiger partial charge in [0.1, 0.15) is 5.82 Å². The predicted octanol–water partition coefficient (Wildman–Crippen LogP) is 2.75. The van der Waals surface area contributed by atoms with Crippen molar-refractivity contribution in [3.63, 3.8) is 0 Å². The van der Waals surface area contributed by atoms with Crippen molar-refractivity contribution in [1.29, 1.82) is 0 Å². The number of amides is 1. The number of aromatic nitrogens is 3. The van der Waals surface area contributed by atoms with Gasteiger partial charge in [-0.2, -0.15) is 4.98 Å². The van der Waals surface area contributed by atoms with Gasteiger partial charge in [-0.25, -0.2) is 4.98 Å². The molecule has 1 aliphatic rings. The maximum absolute atomic E-state index is 12.3. The molecule has 128 valence electrons. The lowest BCUT2D eigenvalue weighted by molar-refractivity contribution is -0.118.